The van der Waals surface area contributed by atoms with E-state index in [0.29, 0.717) is 6.42 Å². The second kappa shape index (κ2) is 5.65. The number of hydrogen-bond donors (Lipinski definition) is 1. The van der Waals surface area contributed by atoms with Crippen molar-refractivity contribution < 1.29 is 19.4 Å². The van der Waals surface area contributed by atoms with Crippen molar-refractivity contribution >= 4 is 11.9 Å². The van der Waals surface area contributed by atoms with E-state index in [1.165, 1.54) is 12.1 Å². The van der Waals surface area contributed by atoms with Crippen molar-refractivity contribution in [2.75, 3.05) is 0 Å². The molecule has 0 aromatic heterocycles. The van der Waals surface area contributed by atoms with Crippen molar-refractivity contribution in [1.29, 1.82) is 0 Å². The van der Waals surface area contributed by atoms with Crippen LogP contribution in [0.1, 0.15) is 61.8 Å². The molecule has 0 aliphatic heterocycles. The number of hydrogen-bond acceptors (Lipinski definition) is 3. The number of benzene rings is 1. The standard InChI is InChI=1S/C16H22O4/c1-6-16(5,15(2,3)4)20-14(19)12-10-8-7-9-11(12)13(17)18/h7-10H,6H2,1-5H3,(H,17,18)/t16-/m1/s1. The molecule has 1 rings (SSSR count). The molecule has 1 aromatic carbocycles. The van der Waals surface area contributed by atoms with E-state index in [1.807, 2.05) is 34.6 Å². The summed E-state index contributed by atoms with van der Waals surface area (Å²) in [7, 11) is 0. The van der Waals surface area contributed by atoms with Crippen molar-refractivity contribution in [2.24, 2.45) is 5.41 Å². The third-order valence-corrected chi connectivity index (χ3v) is 3.96. The lowest BCUT2D eigenvalue weighted by Gasteiger charge is -2.40. The minimum atomic E-state index is -1.13. The smallest absolute Gasteiger partial charge is 0.339 e. The van der Waals surface area contributed by atoms with Crippen molar-refractivity contribution in [3.8, 4) is 0 Å². The van der Waals surface area contributed by atoms with Gasteiger partial charge in [0.1, 0.15) is 5.60 Å². The molecule has 0 fully saturated rings. The number of esters is 1. The van der Waals surface area contributed by atoms with E-state index >= 15 is 0 Å². The summed E-state index contributed by atoms with van der Waals surface area (Å²) < 4.78 is 5.63. The molecule has 0 spiro atoms. The lowest BCUT2D eigenvalue weighted by molar-refractivity contribution is -0.0695. The summed E-state index contributed by atoms with van der Waals surface area (Å²) in [6.45, 7) is 9.79. The lowest BCUT2D eigenvalue weighted by atomic mass is 9.76. The highest BCUT2D eigenvalue weighted by atomic mass is 16.6. The van der Waals surface area contributed by atoms with Gasteiger partial charge in [-0.1, -0.05) is 39.8 Å². The highest BCUT2D eigenvalue weighted by Gasteiger charge is 2.40. The summed E-state index contributed by atoms with van der Waals surface area (Å²) in [5.74, 6) is -1.73. The summed E-state index contributed by atoms with van der Waals surface area (Å²) >= 11 is 0. The van der Waals surface area contributed by atoms with Gasteiger partial charge in [-0.2, -0.15) is 0 Å². The first-order valence-corrected chi connectivity index (χ1v) is 6.68. The normalized spacial score (nSPS) is 14.4. The van der Waals surface area contributed by atoms with Gasteiger partial charge in [0.15, 0.2) is 0 Å². The molecule has 0 amide bonds. The Bertz CT molecular complexity index is 513. The van der Waals surface area contributed by atoms with Gasteiger partial charge in [0.25, 0.3) is 0 Å². The zero-order valence-corrected chi connectivity index (χ0v) is 12.7. The number of carbonyl (C=O) groups is 2. The molecular formula is C16H22O4. The van der Waals surface area contributed by atoms with Gasteiger partial charge >= 0.3 is 11.9 Å². The highest BCUT2D eigenvalue weighted by Crippen LogP contribution is 2.37. The third kappa shape index (κ3) is 3.18. The van der Waals surface area contributed by atoms with Gasteiger partial charge in [-0.3, -0.25) is 0 Å². The first kappa shape index (κ1) is 16.2. The van der Waals surface area contributed by atoms with Gasteiger partial charge in [0, 0.05) is 5.41 Å². The topological polar surface area (TPSA) is 63.6 Å². The van der Waals surface area contributed by atoms with E-state index in [1.54, 1.807) is 12.1 Å². The van der Waals surface area contributed by atoms with E-state index in [9.17, 15) is 9.59 Å². The van der Waals surface area contributed by atoms with E-state index in [2.05, 4.69) is 0 Å². The first-order chi connectivity index (χ1) is 9.12. The summed E-state index contributed by atoms with van der Waals surface area (Å²) in [6, 6.07) is 6.09. The fourth-order valence-corrected chi connectivity index (χ4v) is 1.86. The van der Waals surface area contributed by atoms with Gasteiger partial charge in [-0.15, -0.1) is 0 Å². The van der Waals surface area contributed by atoms with E-state index in [0.717, 1.165) is 0 Å². The number of aromatic carboxylic acids is 1. The van der Waals surface area contributed by atoms with Crippen LogP contribution in [0.3, 0.4) is 0 Å². The zero-order chi connectivity index (χ0) is 15.6. The molecule has 0 aliphatic carbocycles. The van der Waals surface area contributed by atoms with Crippen LogP contribution in [0, 0.1) is 5.41 Å². The number of carboxylic acids is 1. The summed E-state index contributed by atoms with van der Waals surface area (Å²) in [5.41, 5.74) is -0.848. The Balaban J connectivity index is 3.12. The van der Waals surface area contributed by atoms with Crippen LogP contribution in [0.2, 0.25) is 0 Å². The molecule has 1 N–H and O–H groups in total. The maximum atomic E-state index is 12.3. The fraction of sp³-hybridized carbons (Fsp3) is 0.500. The molecule has 0 aliphatic rings. The number of rotatable bonds is 4. The molecule has 4 heteroatoms. The van der Waals surface area contributed by atoms with Crippen molar-refractivity contribution in [2.45, 2.75) is 46.6 Å². The molecule has 1 aromatic rings. The largest absolute Gasteiger partial charge is 0.478 e. The van der Waals surface area contributed by atoms with Gasteiger partial charge in [0.2, 0.25) is 0 Å². The number of carbonyl (C=O) groups excluding carboxylic acids is 1. The monoisotopic (exact) mass is 278 g/mol. The van der Waals surface area contributed by atoms with Crippen LogP contribution < -0.4 is 0 Å². The molecule has 0 saturated carbocycles. The van der Waals surface area contributed by atoms with Crippen LogP contribution in [-0.4, -0.2) is 22.6 Å². The van der Waals surface area contributed by atoms with Gasteiger partial charge in [-0.25, -0.2) is 9.59 Å². The highest BCUT2D eigenvalue weighted by molar-refractivity contribution is 6.02. The second-order valence-corrected chi connectivity index (χ2v) is 6.07. The zero-order valence-electron chi connectivity index (χ0n) is 12.7. The van der Waals surface area contributed by atoms with Crippen molar-refractivity contribution in [3.63, 3.8) is 0 Å². The Labute approximate surface area is 119 Å². The van der Waals surface area contributed by atoms with Crippen LogP contribution in [0.25, 0.3) is 0 Å². The fourth-order valence-electron chi connectivity index (χ4n) is 1.86. The molecule has 4 nitrogen and oxygen atoms in total. The SMILES string of the molecule is CC[C@@](C)(OC(=O)c1ccccc1C(=O)O)C(C)(C)C. The van der Waals surface area contributed by atoms with Gasteiger partial charge < -0.3 is 9.84 Å². The van der Waals surface area contributed by atoms with E-state index < -0.39 is 17.5 Å². The molecule has 1 atom stereocenters. The number of carboxylic acid groups (broad SMARTS) is 1. The molecule has 20 heavy (non-hydrogen) atoms. The third-order valence-electron chi connectivity index (χ3n) is 3.96. The Morgan fingerprint density at radius 2 is 1.60 bits per heavy atom. The van der Waals surface area contributed by atoms with Crippen LogP contribution in [0.5, 0.6) is 0 Å². The van der Waals surface area contributed by atoms with Crippen LogP contribution in [0.15, 0.2) is 24.3 Å². The van der Waals surface area contributed by atoms with Crippen LogP contribution in [0.4, 0.5) is 0 Å². The molecule has 110 valence electrons. The lowest BCUT2D eigenvalue weighted by Crippen LogP contribution is -2.43. The van der Waals surface area contributed by atoms with Crippen molar-refractivity contribution in [3.05, 3.63) is 35.4 Å². The minimum absolute atomic E-state index is 0.0372. The van der Waals surface area contributed by atoms with E-state index in [-0.39, 0.29) is 16.5 Å². The Kier molecular flexibility index (Phi) is 4.58. The predicted octanol–water partition coefficient (Wildman–Crippen LogP) is 3.76. The molecule has 0 unspecified atom stereocenters. The Morgan fingerprint density at radius 3 is 2.00 bits per heavy atom. The van der Waals surface area contributed by atoms with Gasteiger partial charge in [-0.05, 0) is 25.5 Å². The molecule has 0 saturated heterocycles. The summed E-state index contributed by atoms with van der Waals surface area (Å²) in [4.78, 5) is 23.5. The predicted molar refractivity (Wildman–Crippen MR) is 77.0 cm³/mol. The molecular weight excluding hydrogens is 256 g/mol. The van der Waals surface area contributed by atoms with Crippen molar-refractivity contribution in [1.82, 2.24) is 0 Å². The average Bonchev–Trinajstić information content (AvgIpc) is 2.37. The maximum Gasteiger partial charge on any atom is 0.339 e. The van der Waals surface area contributed by atoms with Gasteiger partial charge in [0.05, 0.1) is 11.1 Å². The van der Waals surface area contributed by atoms with Crippen LogP contribution >= 0.6 is 0 Å². The average molecular weight is 278 g/mol. The summed E-state index contributed by atoms with van der Waals surface area (Å²) in [5, 5.41) is 9.12. The van der Waals surface area contributed by atoms with Crippen LogP contribution in [-0.2, 0) is 4.74 Å². The Morgan fingerprint density at radius 1 is 1.10 bits per heavy atom. The Hall–Kier alpha value is -1.84. The number of ether oxygens (including phenoxy) is 1. The molecule has 0 radical (unpaired) electrons. The maximum absolute atomic E-state index is 12.3. The summed E-state index contributed by atoms with van der Waals surface area (Å²) in [6.07, 6.45) is 0.650. The van der Waals surface area contributed by atoms with E-state index in [4.69, 9.17) is 9.84 Å². The molecule has 0 heterocycles. The minimum Gasteiger partial charge on any atom is -0.478 e. The first-order valence-electron chi connectivity index (χ1n) is 6.68. The quantitative estimate of drug-likeness (QED) is 0.852. The molecule has 0 bridgehead atoms. The second-order valence-electron chi connectivity index (χ2n) is 6.07.